The van der Waals surface area contributed by atoms with Crippen molar-refractivity contribution in [3.63, 3.8) is 0 Å². The molecule has 4 heteroatoms. The minimum atomic E-state index is -1.13. The first kappa shape index (κ1) is 13.0. The van der Waals surface area contributed by atoms with E-state index in [1.807, 2.05) is 0 Å². The molecule has 0 radical (unpaired) electrons. The second-order valence-corrected chi connectivity index (χ2v) is 4.28. The van der Waals surface area contributed by atoms with Crippen molar-refractivity contribution in [3.8, 4) is 11.5 Å². The highest BCUT2D eigenvalue weighted by Gasteiger charge is 2.14. The van der Waals surface area contributed by atoms with Gasteiger partial charge in [-0.1, -0.05) is 24.3 Å². The van der Waals surface area contributed by atoms with Crippen molar-refractivity contribution in [3.05, 3.63) is 59.2 Å². The Morgan fingerprint density at radius 2 is 1.63 bits per heavy atom. The zero-order chi connectivity index (χ0) is 13.8. The molecule has 19 heavy (non-hydrogen) atoms. The SMILES string of the molecule is O=C(O)c1c(O)cccc1CCc1ccc(O)cc1. The van der Waals surface area contributed by atoms with E-state index in [2.05, 4.69) is 0 Å². The lowest BCUT2D eigenvalue weighted by molar-refractivity contribution is 0.0692. The maximum absolute atomic E-state index is 11.1. The van der Waals surface area contributed by atoms with Crippen LogP contribution in [0.2, 0.25) is 0 Å². The van der Waals surface area contributed by atoms with E-state index in [9.17, 15) is 15.0 Å². The second-order valence-electron chi connectivity index (χ2n) is 4.28. The molecular weight excluding hydrogens is 244 g/mol. The number of aromatic hydroxyl groups is 2. The Morgan fingerprint density at radius 1 is 0.947 bits per heavy atom. The number of carboxylic acid groups (broad SMARTS) is 1. The van der Waals surface area contributed by atoms with Crippen LogP contribution < -0.4 is 0 Å². The summed E-state index contributed by atoms with van der Waals surface area (Å²) in [5.41, 5.74) is 1.55. The molecule has 0 unspecified atom stereocenters. The zero-order valence-corrected chi connectivity index (χ0v) is 10.2. The van der Waals surface area contributed by atoms with Gasteiger partial charge in [0, 0.05) is 0 Å². The number of phenols is 2. The van der Waals surface area contributed by atoms with E-state index in [0.29, 0.717) is 18.4 Å². The highest BCUT2D eigenvalue weighted by atomic mass is 16.4. The monoisotopic (exact) mass is 258 g/mol. The summed E-state index contributed by atoms with van der Waals surface area (Å²) in [7, 11) is 0. The number of hydrogen-bond acceptors (Lipinski definition) is 3. The molecule has 0 aliphatic carbocycles. The molecule has 0 aliphatic rings. The van der Waals surface area contributed by atoms with Crippen LogP contribution in [0.15, 0.2) is 42.5 Å². The number of aryl methyl sites for hydroxylation is 2. The summed E-state index contributed by atoms with van der Waals surface area (Å²) in [6, 6.07) is 11.5. The van der Waals surface area contributed by atoms with E-state index in [1.165, 1.54) is 6.07 Å². The third-order valence-electron chi connectivity index (χ3n) is 2.96. The normalized spacial score (nSPS) is 10.3. The predicted molar refractivity (Wildman–Crippen MR) is 70.6 cm³/mol. The first-order valence-electron chi connectivity index (χ1n) is 5.90. The molecule has 0 atom stereocenters. The fourth-order valence-corrected chi connectivity index (χ4v) is 1.98. The fourth-order valence-electron chi connectivity index (χ4n) is 1.98. The molecule has 4 nitrogen and oxygen atoms in total. The van der Waals surface area contributed by atoms with E-state index in [1.54, 1.807) is 36.4 Å². The summed E-state index contributed by atoms with van der Waals surface area (Å²) in [6.07, 6.45) is 1.16. The van der Waals surface area contributed by atoms with E-state index in [0.717, 1.165) is 5.56 Å². The fraction of sp³-hybridized carbons (Fsp3) is 0.133. The van der Waals surface area contributed by atoms with Crippen molar-refractivity contribution in [2.75, 3.05) is 0 Å². The highest BCUT2D eigenvalue weighted by Crippen LogP contribution is 2.22. The van der Waals surface area contributed by atoms with Crippen LogP contribution in [0.5, 0.6) is 11.5 Å². The minimum absolute atomic E-state index is 0.0405. The molecule has 2 aromatic rings. The largest absolute Gasteiger partial charge is 0.508 e. The molecule has 0 heterocycles. The smallest absolute Gasteiger partial charge is 0.339 e. The Hall–Kier alpha value is -2.49. The molecule has 0 amide bonds. The third kappa shape index (κ3) is 3.04. The summed E-state index contributed by atoms with van der Waals surface area (Å²) >= 11 is 0. The van der Waals surface area contributed by atoms with Crippen LogP contribution in [0.25, 0.3) is 0 Å². The molecule has 0 spiro atoms. The van der Waals surface area contributed by atoms with Gasteiger partial charge in [-0.3, -0.25) is 0 Å². The standard InChI is InChI=1S/C15H14O4/c16-12-8-5-10(6-9-12)4-7-11-2-1-3-13(17)14(11)15(18)19/h1-3,5-6,8-9,16-17H,4,7H2,(H,18,19). The van der Waals surface area contributed by atoms with Gasteiger partial charge < -0.3 is 15.3 Å². The average molecular weight is 258 g/mol. The van der Waals surface area contributed by atoms with Gasteiger partial charge in [0.05, 0.1) is 0 Å². The topological polar surface area (TPSA) is 77.8 Å². The van der Waals surface area contributed by atoms with Crippen LogP contribution >= 0.6 is 0 Å². The molecule has 98 valence electrons. The number of phenolic OH excluding ortho intramolecular Hbond substituents is 1. The number of hydrogen-bond donors (Lipinski definition) is 3. The third-order valence-corrected chi connectivity index (χ3v) is 2.96. The second kappa shape index (κ2) is 5.44. The molecule has 3 N–H and O–H groups in total. The Labute approximate surface area is 110 Å². The summed E-state index contributed by atoms with van der Waals surface area (Å²) in [4.78, 5) is 11.1. The van der Waals surface area contributed by atoms with Crippen LogP contribution in [0.4, 0.5) is 0 Å². The van der Waals surface area contributed by atoms with E-state index < -0.39 is 5.97 Å². The predicted octanol–water partition coefficient (Wildman–Crippen LogP) is 2.58. The average Bonchev–Trinajstić information content (AvgIpc) is 2.37. The van der Waals surface area contributed by atoms with Crippen molar-refractivity contribution in [2.45, 2.75) is 12.8 Å². The van der Waals surface area contributed by atoms with Crippen molar-refractivity contribution in [1.29, 1.82) is 0 Å². The molecule has 0 saturated heterocycles. The maximum atomic E-state index is 11.1. The number of aromatic carboxylic acids is 1. The lowest BCUT2D eigenvalue weighted by Crippen LogP contribution is -2.04. The van der Waals surface area contributed by atoms with Crippen molar-refractivity contribution in [1.82, 2.24) is 0 Å². The Morgan fingerprint density at radius 3 is 2.26 bits per heavy atom. The van der Waals surface area contributed by atoms with Gasteiger partial charge in [0.25, 0.3) is 0 Å². The van der Waals surface area contributed by atoms with Gasteiger partial charge in [0.1, 0.15) is 17.1 Å². The number of benzene rings is 2. The van der Waals surface area contributed by atoms with Gasteiger partial charge in [-0.05, 0) is 42.2 Å². The van der Waals surface area contributed by atoms with Gasteiger partial charge in [0.2, 0.25) is 0 Å². The minimum Gasteiger partial charge on any atom is -0.508 e. The highest BCUT2D eigenvalue weighted by molar-refractivity contribution is 5.92. The molecule has 2 rings (SSSR count). The maximum Gasteiger partial charge on any atom is 0.339 e. The number of carbonyl (C=O) groups is 1. The molecule has 0 fully saturated rings. The van der Waals surface area contributed by atoms with Gasteiger partial charge in [-0.15, -0.1) is 0 Å². The van der Waals surface area contributed by atoms with Crippen LogP contribution in [-0.4, -0.2) is 21.3 Å². The Bertz CT molecular complexity index is 588. The molecule has 0 bridgehead atoms. The molecule has 2 aromatic carbocycles. The summed E-state index contributed by atoms with van der Waals surface area (Å²) in [5.74, 6) is -1.14. The first-order chi connectivity index (χ1) is 9.08. The van der Waals surface area contributed by atoms with Gasteiger partial charge in [0.15, 0.2) is 0 Å². The van der Waals surface area contributed by atoms with Crippen LogP contribution in [0.3, 0.4) is 0 Å². The Kier molecular flexibility index (Phi) is 3.71. The first-order valence-corrected chi connectivity index (χ1v) is 5.90. The lowest BCUT2D eigenvalue weighted by Gasteiger charge is -2.08. The van der Waals surface area contributed by atoms with E-state index >= 15 is 0 Å². The summed E-state index contributed by atoms with van der Waals surface area (Å²) in [5, 5.41) is 27.9. The molecule has 0 saturated carbocycles. The van der Waals surface area contributed by atoms with Crippen molar-refractivity contribution >= 4 is 5.97 Å². The van der Waals surface area contributed by atoms with E-state index in [-0.39, 0.29) is 17.1 Å². The lowest BCUT2D eigenvalue weighted by atomic mass is 9.99. The summed E-state index contributed by atoms with van der Waals surface area (Å²) in [6.45, 7) is 0. The van der Waals surface area contributed by atoms with E-state index in [4.69, 9.17) is 5.11 Å². The van der Waals surface area contributed by atoms with Crippen LogP contribution in [-0.2, 0) is 12.8 Å². The Balaban J connectivity index is 2.18. The summed E-state index contributed by atoms with van der Waals surface area (Å²) < 4.78 is 0. The van der Waals surface area contributed by atoms with Gasteiger partial charge in [-0.25, -0.2) is 4.79 Å². The number of carboxylic acids is 1. The van der Waals surface area contributed by atoms with Crippen molar-refractivity contribution in [2.24, 2.45) is 0 Å². The van der Waals surface area contributed by atoms with Crippen LogP contribution in [0, 0.1) is 0 Å². The molecule has 0 aromatic heterocycles. The van der Waals surface area contributed by atoms with Crippen LogP contribution in [0.1, 0.15) is 21.5 Å². The number of rotatable bonds is 4. The molecular formula is C15H14O4. The van der Waals surface area contributed by atoms with Gasteiger partial charge in [-0.2, -0.15) is 0 Å². The van der Waals surface area contributed by atoms with Gasteiger partial charge >= 0.3 is 5.97 Å². The quantitative estimate of drug-likeness (QED) is 0.787. The zero-order valence-electron chi connectivity index (χ0n) is 10.2. The molecule has 0 aliphatic heterocycles. The van der Waals surface area contributed by atoms with Crippen molar-refractivity contribution < 1.29 is 20.1 Å².